The van der Waals surface area contributed by atoms with Gasteiger partial charge in [-0.05, 0) is 12.1 Å². The molecule has 1 aromatic carbocycles. The van der Waals surface area contributed by atoms with Crippen molar-refractivity contribution in [2.24, 2.45) is 0 Å². The van der Waals surface area contributed by atoms with Gasteiger partial charge in [0, 0.05) is 47.1 Å². The van der Waals surface area contributed by atoms with Crippen molar-refractivity contribution in [2.45, 2.75) is 6.92 Å². The first-order valence-corrected chi connectivity index (χ1v) is 5.39. The molecule has 63 valence electrons. The van der Waals surface area contributed by atoms with Crippen LogP contribution in [0.1, 0.15) is 6.92 Å². The zero-order valence-corrected chi connectivity index (χ0v) is 11.5. The molecule has 1 radical (unpaired) electrons. The molecule has 0 amide bonds. The molecule has 0 aliphatic rings. The van der Waals surface area contributed by atoms with Gasteiger partial charge in [0.25, 0.3) is 0 Å². The number of rotatable bonds is 2. The monoisotopic (exact) mass is 309 g/mol. The van der Waals surface area contributed by atoms with Gasteiger partial charge in [0.05, 0.1) is 0 Å². The van der Waals surface area contributed by atoms with Gasteiger partial charge in [0.1, 0.15) is 0 Å². The Balaban J connectivity index is 0.00000121. The number of hydrogen-bond donors (Lipinski definition) is 1. The average molecular weight is 309 g/mol. The molecule has 0 fully saturated rings. The second-order valence-electron chi connectivity index (χ2n) is 2.35. The molecule has 0 aliphatic carbocycles. The molecule has 1 rings (SSSR count). The van der Waals surface area contributed by atoms with Gasteiger partial charge in [-0.15, -0.1) is 0 Å². The van der Waals surface area contributed by atoms with Gasteiger partial charge >= 0.3 is 0 Å². The summed E-state index contributed by atoms with van der Waals surface area (Å²) in [7, 11) is -3.03. The van der Waals surface area contributed by atoms with Gasteiger partial charge in [0.2, 0.25) is 7.37 Å². The maximum Gasteiger partial charge on any atom is 0.229 e. The first-order valence-electron chi connectivity index (χ1n) is 3.54. The molecule has 0 bridgehead atoms. The predicted octanol–water partition coefficient (Wildman–Crippen LogP) is 1.60. The Morgan fingerprint density at radius 1 is 1.33 bits per heavy atom. The van der Waals surface area contributed by atoms with E-state index in [0.717, 1.165) is 0 Å². The molecule has 0 saturated carbocycles. The Morgan fingerprint density at radius 2 is 1.83 bits per heavy atom. The Labute approximate surface area is 100 Å². The van der Waals surface area contributed by atoms with Crippen molar-refractivity contribution in [2.75, 3.05) is 6.16 Å². The van der Waals surface area contributed by atoms with E-state index < -0.39 is 7.37 Å². The normalized spacial score (nSPS) is 14.5. The second-order valence-corrected chi connectivity index (χ2v) is 4.91. The fourth-order valence-corrected chi connectivity index (χ4v) is 1.85. The minimum absolute atomic E-state index is 0. The van der Waals surface area contributed by atoms with Crippen LogP contribution in [0.15, 0.2) is 30.3 Å². The smallest absolute Gasteiger partial charge is 0.229 e. The molecule has 0 spiro atoms. The van der Waals surface area contributed by atoms with Crippen molar-refractivity contribution >= 4 is 12.7 Å². The Kier molecular flexibility index (Phi) is 5.63. The van der Waals surface area contributed by atoms with Crippen LogP contribution in [-0.4, -0.2) is 11.1 Å². The van der Waals surface area contributed by atoms with Gasteiger partial charge in [-0.3, -0.25) is 4.57 Å². The summed E-state index contributed by atoms with van der Waals surface area (Å²) in [4.78, 5) is 9.35. The van der Waals surface area contributed by atoms with E-state index in [1.165, 1.54) is 0 Å². The molecule has 0 heterocycles. The summed E-state index contributed by atoms with van der Waals surface area (Å²) in [6.07, 6.45) is 0.303. The third-order valence-corrected chi connectivity index (χ3v) is 3.55. The third kappa shape index (κ3) is 3.16. The molecule has 1 atom stereocenters. The van der Waals surface area contributed by atoms with E-state index in [1.807, 2.05) is 6.07 Å². The fraction of sp³-hybridized carbons (Fsp3) is 0.250. The van der Waals surface area contributed by atoms with Crippen molar-refractivity contribution < 1.29 is 45.1 Å². The first kappa shape index (κ1) is 12.6. The summed E-state index contributed by atoms with van der Waals surface area (Å²) >= 11 is 0. The van der Waals surface area contributed by atoms with Crippen LogP contribution in [0.2, 0.25) is 0 Å². The molecule has 4 heteroatoms. The van der Waals surface area contributed by atoms with E-state index in [4.69, 9.17) is 0 Å². The van der Waals surface area contributed by atoms with Crippen molar-refractivity contribution in [3.8, 4) is 0 Å². The van der Waals surface area contributed by atoms with E-state index in [-0.39, 0.29) is 35.6 Å². The van der Waals surface area contributed by atoms with Gasteiger partial charge in [-0.1, -0.05) is 25.1 Å². The van der Waals surface area contributed by atoms with Crippen molar-refractivity contribution in [3.05, 3.63) is 30.3 Å². The summed E-state index contributed by atoms with van der Waals surface area (Å²) in [5.41, 5.74) is 0. The summed E-state index contributed by atoms with van der Waals surface area (Å²) in [5, 5.41) is 0.544. The zero-order chi connectivity index (χ0) is 8.32. The van der Waals surface area contributed by atoms with Crippen LogP contribution >= 0.6 is 7.37 Å². The van der Waals surface area contributed by atoms with E-state index in [0.29, 0.717) is 11.5 Å². The van der Waals surface area contributed by atoms with Crippen LogP contribution < -0.4 is 5.30 Å². The minimum Gasteiger partial charge on any atom is -0.341 e. The van der Waals surface area contributed by atoms with E-state index in [2.05, 4.69) is 0 Å². The van der Waals surface area contributed by atoms with Crippen LogP contribution in [0.5, 0.6) is 0 Å². The molecule has 0 aromatic heterocycles. The van der Waals surface area contributed by atoms with Crippen molar-refractivity contribution in [1.29, 1.82) is 0 Å². The molecule has 0 aliphatic heterocycles. The summed E-state index contributed by atoms with van der Waals surface area (Å²) in [5.74, 6) is 0. The van der Waals surface area contributed by atoms with Gasteiger partial charge in [-0.25, -0.2) is 0 Å². The fourth-order valence-electron chi connectivity index (χ4n) is 0.844. The van der Waals surface area contributed by atoms with Crippen molar-refractivity contribution in [3.63, 3.8) is 0 Å². The van der Waals surface area contributed by atoms with Gasteiger partial charge < -0.3 is 4.89 Å². The Bertz CT molecular complexity index is 274. The van der Waals surface area contributed by atoms with Crippen LogP contribution in [0.4, 0.5) is 0 Å². The predicted molar refractivity (Wildman–Crippen MR) is 46.4 cm³/mol. The first-order chi connectivity index (χ1) is 5.17. The molecule has 1 unspecified atom stereocenters. The van der Waals surface area contributed by atoms with Crippen LogP contribution in [0.25, 0.3) is 0 Å². The number of hydrogen-bond acceptors (Lipinski definition) is 1. The molecular weight excluding hydrogens is 298 g/mol. The molecule has 2 nitrogen and oxygen atoms in total. The van der Waals surface area contributed by atoms with Crippen LogP contribution in [-0.2, 0) is 4.57 Å². The molecular formula is C8H11LaO2P. The molecule has 1 aromatic rings. The molecule has 12 heavy (non-hydrogen) atoms. The molecule has 0 saturated heterocycles. The summed E-state index contributed by atoms with van der Waals surface area (Å²) in [6, 6.07) is 8.75. The van der Waals surface area contributed by atoms with E-state index in [9.17, 15) is 9.46 Å². The topological polar surface area (TPSA) is 37.3 Å². The minimum atomic E-state index is -3.03. The summed E-state index contributed by atoms with van der Waals surface area (Å²) in [6.45, 7) is 1.72. The van der Waals surface area contributed by atoms with Crippen molar-refractivity contribution in [1.82, 2.24) is 0 Å². The third-order valence-electron chi connectivity index (χ3n) is 1.59. The zero-order valence-electron chi connectivity index (χ0n) is 6.97. The maximum absolute atomic E-state index is 11.3. The van der Waals surface area contributed by atoms with Crippen LogP contribution in [0, 0.1) is 35.6 Å². The molecule has 1 N–H and O–H groups in total. The van der Waals surface area contributed by atoms with E-state index >= 15 is 0 Å². The maximum atomic E-state index is 11.3. The number of benzene rings is 1. The van der Waals surface area contributed by atoms with Gasteiger partial charge in [0.15, 0.2) is 0 Å². The largest absolute Gasteiger partial charge is 0.341 e. The Morgan fingerprint density at radius 3 is 2.25 bits per heavy atom. The van der Waals surface area contributed by atoms with Gasteiger partial charge in [-0.2, -0.15) is 0 Å². The quantitative estimate of drug-likeness (QED) is 0.843. The van der Waals surface area contributed by atoms with Crippen LogP contribution in [0.3, 0.4) is 0 Å². The van der Waals surface area contributed by atoms with E-state index in [1.54, 1.807) is 31.2 Å². The average Bonchev–Trinajstić information content (AvgIpc) is 2.06. The Hall–Kier alpha value is 0.605. The second kappa shape index (κ2) is 5.36. The summed E-state index contributed by atoms with van der Waals surface area (Å²) < 4.78 is 11.3. The standard InChI is InChI=1S/C8H11O2P.La/c1-2-11(9,10)8-6-4-3-5-7-8;/h3-7H,2H2,1H3,(H,9,10);. The SMILES string of the molecule is CCP(=O)(O)c1ccccc1.[La].